The van der Waals surface area contributed by atoms with Crippen LogP contribution in [0.3, 0.4) is 0 Å². The van der Waals surface area contributed by atoms with Crippen LogP contribution in [0.15, 0.2) is 60.7 Å². The molecule has 0 radical (unpaired) electrons. The van der Waals surface area contributed by atoms with Crippen LogP contribution in [0.2, 0.25) is 10.0 Å². The first-order valence-corrected chi connectivity index (χ1v) is 12.4. The lowest BCUT2D eigenvalue weighted by Crippen LogP contribution is -2.37. The van der Waals surface area contributed by atoms with Gasteiger partial charge in [0.1, 0.15) is 0 Å². The number of anilines is 2. The SMILES string of the molecule is Nc1ccc2c(c1)N(CCC(=O)NCCNC(=O)c1c(Cl)cc(-c3ccccc3)cc1Cl)CCC2. The van der Waals surface area contributed by atoms with Gasteiger partial charge in [0.25, 0.3) is 5.91 Å². The van der Waals surface area contributed by atoms with E-state index in [1.54, 1.807) is 12.1 Å². The summed E-state index contributed by atoms with van der Waals surface area (Å²) >= 11 is 12.8. The second-order valence-electron chi connectivity index (χ2n) is 8.52. The molecular formula is C27H28Cl2N4O2. The third kappa shape index (κ3) is 6.27. The number of rotatable bonds is 8. The fourth-order valence-electron chi connectivity index (χ4n) is 4.28. The van der Waals surface area contributed by atoms with Gasteiger partial charge in [0, 0.05) is 44.0 Å². The Bertz CT molecular complexity index is 1190. The van der Waals surface area contributed by atoms with Crippen LogP contribution in [-0.4, -0.2) is 38.0 Å². The molecule has 35 heavy (non-hydrogen) atoms. The molecule has 0 fully saturated rings. The van der Waals surface area contributed by atoms with Gasteiger partial charge in [-0.3, -0.25) is 9.59 Å². The normalized spacial score (nSPS) is 12.7. The Morgan fingerprint density at radius 1 is 0.914 bits per heavy atom. The highest BCUT2D eigenvalue weighted by Gasteiger charge is 2.19. The van der Waals surface area contributed by atoms with Crippen LogP contribution < -0.4 is 21.3 Å². The van der Waals surface area contributed by atoms with Crippen LogP contribution in [0.4, 0.5) is 11.4 Å². The van der Waals surface area contributed by atoms with Gasteiger partial charge in [-0.25, -0.2) is 0 Å². The third-order valence-corrected chi connectivity index (χ3v) is 6.64. The number of hydrogen-bond donors (Lipinski definition) is 3. The van der Waals surface area contributed by atoms with E-state index in [0.717, 1.165) is 41.9 Å². The lowest BCUT2D eigenvalue weighted by Gasteiger charge is -2.31. The van der Waals surface area contributed by atoms with E-state index in [9.17, 15) is 9.59 Å². The van der Waals surface area contributed by atoms with Gasteiger partial charge in [-0.05, 0) is 53.8 Å². The molecule has 0 atom stereocenters. The first-order valence-electron chi connectivity index (χ1n) is 11.6. The summed E-state index contributed by atoms with van der Waals surface area (Å²) in [6.07, 6.45) is 2.45. The Balaban J connectivity index is 1.24. The maximum Gasteiger partial charge on any atom is 0.254 e. The van der Waals surface area contributed by atoms with Crippen LogP contribution >= 0.6 is 23.2 Å². The standard InChI is InChI=1S/C27H28Cl2N4O2/c28-22-15-20(18-5-2-1-3-6-18)16-23(29)26(22)27(35)32-12-11-31-25(34)10-14-33-13-4-7-19-8-9-21(30)17-24(19)33/h1-3,5-6,8-9,15-17H,4,7,10-14,30H2,(H,31,34)(H,32,35). The minimum Gasteiger partial charge on any atom is -0.399 e. The van der Waals surface area contributed by atoms with E-state index in [0.29, 0.717) is 19.5 Å². The Morgan fingerprint density at radius 2 is 1.63 bits per heavy atom. The number of halogens is 2. The van der Waals surface area contributed by atoms with Gasteiger partial charge in [0.05, 0.1) is 15.6 Å². The van der Waals surface area contributed by atoms with Gasteiger partial charge >= 0.3 is 0 Å². The van der Waals surface area contributed by atoms with Crippen molar-refractivity contribution in [1.29, 1.82) is 0 Å². The maximum absolute atomic E-state index is 12.6. The van der Waals surface area contributed by atoms with Crippen molar-refractivity contribution >= 4 is 46.4 Å². The van der Waals surface area contributed by atoms with Crippen LogP contribution in [0.25, 0.3) is 11.1 Å². The van der Waals surface area contributed by atoms with E-state index in [1.807, 2.05) is 42.5 Å². The first-order chi connectivity index (χ1) is 16.9. The van der Waals surface area contributed by atoms with E-state index in [4.69, 9.17) is 28.9 Å². The first kappa shape index (κ1) is 24.9. The highest BCUT2D eigenvalue weighted by molar-refractivity contribution is 6.40. The number of hydrogen-bond acceptors (Lipinski definition) is 4. The quantitative estimate of drug-likeness (QED) is 0.296. The van der Waals surface area contributed by atoms with E-state index in [1.165, 1.54) is 5.56 Å². The number of benzene rings is 3. The predicted molar refractivity (Wildman–Crippen MR) is 143 cm³/mol. The molecular weight excluding hydrogens is 483 g/mol. The number of nitrogen functional groups attached to an aromatic ring is 1. The predicted octanol–water partition coefficient (Wildman–Crippen LogP) is 4.93. The van der Waals surface area contributed by atoms with Crippen LogP contribution in [-0.2, 0) is 11.2 Å². The molecule has 182 valence electrons. The zero-order valence-electron chi connectivity index (χ0n) is 19.3. The van der Waals surface area contributed by atoms with E-state index >= 15 is 0 Å². The van der Waals surface area contributed by atoms with Crippen molar-refractivity contribution in [2.24, 2.45) is 0 Å². The molecule has 8 heteroatoms. The van der Waals surface area contributed by atoms with Crippen molar-refractivity contribution in [2.45, 2.75) is 19.3 Å². The highest BCUT2D eigenvalue weighted by Crippen LogP contribution is 2.32. The Labute approximate surface area is 215 Å². The monoisotopic (exact) mass is 510 g/mol. The average molecular weight is 511 g/mol. The van der Waals surface area contributed by atoms with Crippen molar-refractivity contribution in [3.05, 3.63) is 81.8 Å². The van der Waals surface area contributed by atoms with E-state index in [2.05, 4.69) is 21.6 Å². The largest absolute Gasteiger partial charge is 0.399 e. The van der Waals surface area contributed by atoms with Crippen LogP contribution in [0, 0.1) is 0 Å². The molecule has 0 bridgehead atoms. The van der Waals surface area contributed by atoms with Crippen molar-refractivity contribution < 1.29 is 9.59 Å². The molecule has 3 aromatic rings. The number of fused-ring (bicyclic) bond motifs is 1. The summed E-state index contributed by atoms with van der Waals surface area (Å²) in [6, 6.07) is 19.1. The Hall–Kier alpha value is -3.22. The summed E-state index contributed by atoms with van der Waals surface area (Å²) in [6.45, 7) is 2.10. The van der Waals surface area contributed by atoms with Gasteiger partial charge in [-0.15, -0.1) is 0 Å². The molecule has 0 saturated heterocycles. The molecule has 0 aromatic heterocycles. The third-order valence-electron chi connectivity index (χ3n) is 6.04. The van der Waals surface area contributed by atoms with Crippen molar-refractivity contribution in [3.63, 3.8) is 0 Å². The Kier molecular flexibility index (Phi) is 8.16. The molecule has 0 aliphatic carbocycles. The summed E-state index contributed by atoms with van der Waals surface area (Å²) in [5, 5.41) is 6.18. The van der Waals surface area contributed by atoms with Gasteiger partial charge in [-0.1, -0.05) is 59.6 Å². The number of nitrogens with two attached hydrogens (primary N) is 1. The number of amides is 2. The van der Waals surface area contributed by atoms with Crippen LogP contribution in [0.5, 0.6) is 0 Å². The molecule has 2 amide bonds. The van der Waals surface area contributed by atoms with Crippen molar-refractivity contribution in [3.8, 4) is 11.1 Å². The lowest BCUT2D eigenvalue weighted by molar-refractivity contribution is -0.120. The molecule has 1 heterocycles. The highest BCUT2D eigenvalue weighted by atomic mass is 35.5. The number of carbonyl (C=O) groups is 2. The zero-order chi connectivity index (χ0) is 24.8. The minimum atomic E-state index is -0.378. The second-order valence-corrected chi connectivity index (χ2v) is 9.33. The molecule has 1 aliphatic rings. The molecule has 6 nitrogen and oxygen atoms in total. The number of nitrogens with zero attached hydrogens (tertiary/aromatic N) is 1. The van der Waals surface area contributed by atoms with Crippen molar-refractivity contribution in [1.82, 2.24) is 10.6 Å². The maximum atomic E-state index is 12.6. The van der Waals surface area contributed by atoms with Crippen molar-refractivity contribution in [2.75, 3.05) is 36.8 Å². The number of carbonyl (C=O) groups excluding carboxylic acids is 2. The average Bonchev–Trinajstić information content (AvgIpc) is 2.85. The zero-order valence-corrected chi connectivity index (χ0v) is 20.8. The fraction of sp³-hybridized carbons (Fsp3) is 0.259. The molecule has 4 N–H and O–H groups in total. The van der Waals surface area contributed by atoms with E-state index < -0.39 is 0 Å². The molecule has 0 spiro atoms. The smallest absolute Gasteiger partial charge is 0.254 e. The molecule has 0 saturated carbocycles. The minimum absolute atomic E-state index is 0.0708. The van der Waals surface area contributed by atoms with Crippen LogP contribution in [0.1, 0.15) is 28.8 Å². The summed E-state index contributed by atoms with van der Waals surface area (Å²) in [5.74, 6) is -0.449. The molecule has 3 aromatic carbocycles. The second kappa shape index (κ2) is 11.5. The number of nitrogens with one attached hydrogen (secondary N) is 2. The fourth-order valence-corrected chi connectivity index (χ4v) is 4.94. The lowest BCUT2D eigenvalue weighted by atomic mass is 10.0. The van der Waals surface area contributed by atoms with Gasteiger partial charge in [-0.2, -0.15) is 0 Å². The summed E-state index contributed by atoms with van der Waals surface area (Å²) < 4.78 is 0. The van der Waals surface area contributed by atoms with E-state index in [-0.39, 0.29) is 34.0 Å². The number of aryl methyl sites for hydroxylation is 1. The summed E-state index contributed by atoms with van der Waals surface area (Å²) in [7, 11) is 0. The molecule has 0 unspecified atom stereocenters. The summed E-state index contributed by atoms with van der Waals surface area (Å²) in [5.41, 5.74) is 11.1. The Morgan fingerprint density at radius 3 is 2.37 bits per heavy atom. The molecule has 1 aliphatic heterocycles. The topological polar surface area (TPSA) is 87.5 Å². The van der Waals surface area contributed by atoms with Gasteiger partial charge < -0.3 is 21.3 Å². The van der Waals surface area contributed by atoms with Gasteiger partial charge in [0.15, 0.2) is 0 Å². The molecule has 4 rings (SSSR count). The summed E-state index contributed by atoms with van der Waals surface area (Å²) in [4.78, 5) is 27.2. The van der Waals surface area contributed by atoms with Gasteiger partial charge in [0.2, 0.25) is 5.91 Å².